The molecule has 28 heavy (non-hydrogen) atoms. The van der Waals surface area contributed by atoms with Crippen molar-refractivity contribution < 1.29 is 12.8 Å². The van der Waals surface area contributed by atoms with Gasteiger partial charge in [0.25, 0.3) is 10.0 Å². The van der Waals surface area contributed by atoms with Crippen molar-refractivity contribution in [3.8, 4) is 0 Å². The Hall–Kier alpha value is -2.00. The zero-order valence-corrected chi connectivity index (χ0v) is 17.5. The van der Waals surface area contributed by atoms with Crippen LogP contribution in [0.5, 0.6) is 0 Å². The molecule has 0 bridgehead atoms. The number of fused-ring (bicyclic) bond motifs is 1. The first kappa shape index (κ1) is 19.3. The summed E-state index contributed by atoms with van der Waals surface area (Å²) in [6.07, 6.45) is 0. The van der Waals surface area contributed by atoms with Crippen LogP contribution in [0.15, 0.2) is 49.1 Å². The fourth-order valence-electron chi connectivity index (χ4n) is 3.56. The second-order valence-corrected chi connectivity index (χ2v) is 10.2. The van der Waals surface area contributed by atoms with Crippen LogP contribution < -0.4 is 5.63 Å². The van der Waals surface area contributed by atoms with Gasteiger partial charge in [0, 0.05) is 44.2 Å². The van der Waals surface area contributed by atoms with Crippen molar-refractivity contribution in [1.82, 2.24) is 9.21 Å². The number of rotatable bonds is 4. The van der Waals surface area contributed by atoms with Crippen LogP contribution in [-0.4, -0.2) is 43.8 Å². The van der Waals surface area contributed by atoms with Gasteiger partial charge in [0.15, 0.2) is 0 Å². The number of benzene rings is 1. The number of thiophene rings is 1. The van der Waals surface area contributed by atoms with Crippen LogP contribution in [-0.2, 0) is 16.6 Å². The number of piperazine rings is 1. The Morgan fingerprint density at radius 3 is 2.54 bits per heavy atom. The quantitative estimate of drug-likeness (QED) is 0.609. The molecule has 0 unspecified atom stereocenters. The van der Waals surface area contributed by atoms with E-state index in [1.165, 1.54) is 11.3 Å². The van der Waals surface area contributed by atoms with Gasteiger partial charge in [-0.25, -0.2) is 13.2 Å². The van der Waals surface area contributed by atoms with Gasteiger partial charge in [-0.2, -0.15) is 4.31 Å². The lowest BCUT2D eigenvalue weighted by Gasteiger charge is -2.33. The molecule has 0 spiro atoms. The van der Waals surface area contributed by atoms with E-state index in [4.69, 9.17) is 4.42 Å². The van der Waals surface area contributed by atoms with E-state index in [1.807, 2.05) is 26.0 Å². The highest BCUT2D eigenvalue weighted by molar-refractivity contribution is 7.91. The number of sulfonamides is 1. The summed E-state index contributed by atoms with van der Waals surface area (Å²) >= 11 is 1.24. The minimum absolute atomic E-state index is 0.352. The average Bonchev–Trinajstić information content (AvgIpc) is 3.21. The maximum atomic E-state index is 12.7. The van der Waals surface area contributed by atoms with E-state index in [-0.39, 0.29) is 5.63 Å². The van der Waals surface area contributed by atoms with Gasteiger partial charge in [-0.1, -0.05) is 18.2 Å². The molecule has 1 aliphatic heterocycles. The van der Waals surface area contributed by atoms with Crippen LogP contribution in [0.4, 0.5) is 0 Å². The summed E-state index contributed by atoms with van der Waals surface area (Å²) in [6, 6.07) is 8.97. The Kier molecular flexibility index (Phi) is 5.13. The third kappa shape index (κ3) is 3.53. The maximum absolute atomic E-state index is 12.7. The highest BCUT2D eigenvalue weighted by Crippen LogP contribution is 2.26. The maximum Gasteiger partial charge on any atom is 0.336 e. The fourth-order valence-corrected chi connectivity index (χ4v) is 6.13. The molecule has 0 amide bonds. The van der Waals surface area contributed by atoms with Crippen molar-refractivity contribution >= 4 is 32.3 Å². The average molecular weight is 419 g/mol. The van der Waals surface area contributed by atoms with Gasteiger partial charge >= 0.3 is 5.63 Å². The molecule has 0 aliphatic carbocycles. The number of hydrogen-bond acceptors (Lipinski definition) is 6. The number of hydrogen-bond donors (Lipinski definition) is 0. The Balaban J connectivity index is 1.53. The van der Waals surface area contributed by atoms with E-state index in [2.05, 4.69) is 4.90 Å². The molecule has 3 aromatic rings. The van der Waals surface area contributed by atoms with Crippen LogP contribution in [0, 0.1) is 13.8 Å². The van der Waals surface area contributed by atoms with Crippen LogP contribution >= 0.6 is 11.3 Å². The lowest BCUT2D eigenvalue weighted by Crippen LogP contribution is -2.48. The largest absolute Gasteiger partial charge is 0.422 e. The van der Waals surface area contributed by atoms with Gasteiger partial charge in [-0.15, -0.1) is 11.3 Å². The molecule has 0 radical (unpaired) electrons. The summed E-state index contributed by atoms with van der Waals surface area (Å²) in [5.41, 5.74) is 3.27. The molecule has 0 N–H and O–H groups in total. The van der Waals surface area contributed by atoms with Gasteiger partial charge < -0.3 is 4.42 Å². The zero-order chi connectivity index (χ0) is 19.9. The van der Waals surface area contributed by atoms with Crippen molar-refractivity contribution in [3.05, 3.63) is 62.8 Å². The molecule has 1 fully saturated rings. The van der Waals surface area contributed by atoms with Crippen LogP contribution in [0.1, 0.15) is 16.7 Å². The molecule has 6 nitrogen and oxygen atoms in total. The Bertz CT molecular complexity index is 1160. The van der Waals surface area contributed by atoms with E-state index in [0.29, 0.717) is 42.5 Å². The molecule has 3 heterocycles. The first-order chi connectivity index (χ1) is 13.4. The molecule has 4 rings (SSSR count). The molecule has 1 aromatic carbocycles. The summed E-state index contributed by atoms with van der Waals surface area (Å²) in [5.74, 6) is 0. The van der Waals surface area contributed by atoms with Crippen LogP contribution in [0.3, 0.4) is 0 Å². The Morgan fingerprint density at radius 2 is 1.86 bits per heavy atom. The highest BCUT2D eigenvalue weighted by atomic mass is 32.2. The standard InChI is InChI=1S/C20H22N2O4S2/c1-14-5-6-17-16(12-18(23)26-20(17)15(14)2)13-21-7-9-22(10-8-21)28(24,25)19-4-3-11-27-19/h3-6,11-12H,7-10,13H2,1-2H3. The molecular weight excluding hydrogens is 396 g/mol. The van der Waals surface area contributed by atoms with Crippen molar-refractivity contribution in [2.75, 3.05) is 26.2 Å². The van der Waals surface area contributed by atoms with E-state index >= 15 is 0 Å². The second kappa shape index (κ2) is 7.44. The predicted molar refractivity (Wildman–Crippen MR) is 110 cm³/mol. The van der Waals surface area contributed by atoms with Crippen molar-refractivity contribution in [2.24, 2.45) is 0 Å². The topological polar surface area (TPSA) is 70.8 Å². The molecular formula is C20H22N2O4S2. The highest BCUT2D eigenvalue weighted by Gasteiger charge is 2.29. The van der Waals surface area contributed by atoms with Crippen LogP contribution in [0.2, 0.25) is 0 Å². The third-order valence-electron chi connectivity index (χ3n) is 5.33. The van der Waals surface area contributed by atoms with Gasteiger partial charge in [0.05, 0.1) is 0 Å². The summed E-state index contributed by atoms with van der Waals surface area (Å²) in [6.45, 7) is 6.68. The molecule has 1 saturated heterocycles. The minimum Gasteiger partial charge on any atom is -0.422 e. The van der Waals surface area contributed by atoms with E-state index < -0.39 is 10.0 Å². The molecule has 148 valence electrons. The van der Waals surface area contributed by atoms with Gasteiger partial charge in [-0.05, 0) is 42.0 Å². The fraction of sp³-hybridized carbons (Fsp3) is 0.350. The number of aryl methyl sites for hydroxylation is 2. The minimum atomic E-state index is -3.41. The number of nitrogens with zero attached hydrogens (tertiary/aromatic N) is 2. The predicted octanol–water partition coefficient (Wildman–Crippen LogP) is 2.98. The van der Waals surface area contributed by atoms with Crippen LogP contribution in [0.25, 0.3) is 11.0 Å². The van der Waals surface area contributed by atoms with E-state index in [0.717, 1.165) is 22.1 Å². The normalized spacial score (nSPS) is 16.6. The van der Waals surface area contributed by atoms with Crippen molar-refractivity contribution in [2.45, 2.75) is 24.6 Å². The van der Waals surface area contributed by atoms with Crippen molar-refractivity contribution in [3.63, 3.8) is 0 Å². The summed E-state index contributed by atoms with van der Waals surface area (Å²) in [7, 11) is -3.41. The molecule has 8 heteroatoms. The van der Waals surface area contributed by atoms with Crippen molar-refractivity contribution in [1.29, 1.82) is 0 Å². The SMILES string of the molecule is Cc1ccc2c(CN3CCN(S(=O)(=O)c4cccs4)CC3)cc(=O)oc2c1C. The first-order valence-corrected chi connectivity index (χ1v) is 11.5. The third-order valence-corrected chi connectivity index (χ3v) is 8.60. The zero-order valence-electron chi connectivity index (χ0n) is 15.8. The summed E-state index contributed by atoms with van der Waals surface area (Å²) in [4.78, 5) is 14.2. The second-order valence-electron chi connectivity index (χ2n) is 7.09. The smallest absolute Gasteiger partial charge is 0.336 e. The van der Waals surface area contributed by atoms with Gasteiger partial charge in [-0.3, -0.25) is 4.90 Å². The first-order valence-electron chi connectivity index (χ1n) is 9.15. The molecule has 1 aliphatic rings. The van der Waals surface area contributed by atoms with Gasteiger partial charge in [0.1, 0.15) is 9.79 Å². The lowest BCUT2D eigenvalue weighted by atomic mass is 10.0. The molecule has 0 atom stereocenters. The molecule has 0 saturated carbocycles. The van der Waals surface area contributed by atoms with Gasteiger partial charge in [0.2, 0.25) is 0 Å². The monoisotopic (exact) mass is 418 g/mol. The van der Waals surface area contributed by atoms with E-state index in [1.54, 1.807) is 27.9 Å². The lowest BCUT2D eigenvalue weighted by molar-refractivity contribution is 0.182. The summed E-state index contributed by atoms with van der Waals surface area (Å²) < 4.78 is 32.7. The molecule has 2 aromatic heterocycles. The summed E-state index contributed by atoms with van der Waals surface area (Å²) in [5, 5.41) is 2.72. The Morgan fingerprint density at radius 1 is 1.11 bits per heavy atom. The Labute approximate surface area is 168 Å². The van der Waals surface area contributed by atoms with E-state index in [9.17, 15) is 13.2 Å².